The fraction of sp³-hybridized carbons (Fsp3) is 0.706. The highest BCUT2D eigenvalue weighted by Gasteiger charge is 2.20. The van der Waals surface area contributed by atoms with Gasteiger partial charge in [0, 0.05) is 6.07 Å². The fourth-order valence-corrected chi connectivity index (χ4v) is 3.34. The quantitative estimate of drug-likeness (QED) is 0.785. The van der Waals surface area contributed by atoms with Crippen LogP contribution in [0.15, 0.2) is 10.6 Å². The maximum absolute atomic E-state index is 12.0. The van der Waals surface area contributed by atoms with E-state index in [1.807, 2.05) is 0 Å². The van der Waals surface area contributed by atoms with E-state index >= 15 is 0 Å². The van der Waals surface area contributed by atoms with Gasteiger partial charge in [-0.15, -0.1) is 11.8 Å². The monoisotopic (exact) mass is 354 g/mol. The first-order chi connectivity index (χ1) is 11.5. The molecular weight excluding hydrogens is 328 g/mol. The van der Waals surface area contributed by atoms with E-state index < -0.39 is 0 Å². The molecule has 1 atom stereocenters. The lowest BCUT2D eigenvalue weighted by atomic mass is 9.99. The van der Waals surface area contributed by atoms with Gasteiger partial charge in [0.15, 0.2) is 5.82 Å². The Labute approximate surface area is 147 Å². The highest BCUT2D eigenvalue weighted by atomic mass is 32.2. The molecule has 1 aromatic heterocycles. The molecule has 1 aliphatic rings. The summed E-state index contributed by atoms with van der Waals surface area (Å²) in [6, 6.07) is 1.65. The second-order valence-corrected chi connectivity index (χ2v) is 7.55. The predicted molar refractivity (Wildman–Crippen MR) is 94.0 cm³/mol. The van der Waals surface area contributed by atoms with Crippen LogP contribution in [0.1, 0.15) is 57.6 Å². The van der Waals surface area contributed by atoms with Crippen LogP contribution < -0.4 is 5.32 Å². The molecule has 1 amide bonds. The van der Waals surface area contributed by atoms with Gasteiger partial charge in [0.25, 0.3) is 0 Å². The summed E-state index contributed by atoms with van der Waals surface area (Å²) in [5.74, 6) is 0.771. The molecule has 1 N–H and O–H groups in total. The zero-order valence-corrected chi connectivity index (χ0v) is 15.2. The number of carbonyl (C=O) groups is 2. The van der Waals surface area contributed by atoms with Gasteiger partial charge in [0.1, 0.15) is 11.9 Å². The number of hydrogen-bond donors (Lipinski definition) is 1. The van der Waals surface area contributed by atoms with E-state index in [0.717, 1.165) is 25.7 Å². The standard InChI is InChI=1S/C17H26N2O4S/c1-12-10-15(19-23-12)18-17(21)13(2)24-11-16(20)22-14-8-6-4-3-5-7-9-14/h10,13-14H,3-9,11H2,1-2H3,(H,18,19,21). The van der Waals surface area contributed by atoms with Crippen LogP contribution in [0.4, 0.5) is 5.82 Å². The van der Waals surface area contributed by atoms with Crippen LogP contribution in [-0.2, 0) is 14.3 Å². The normalized spacial score (nSPS) is 17.6. The summed E-state index contributed by atoms with van der Waals surface area (Å²) in [6.07, 6.45) is 7.94. The maximum atomic E-state index is 12.0. The number of aryl methyl sites for hydroxylation is 1. The van der Waals surface area contributed by atoms with Crippen molar-refractivity contribution < 1.29 is 18.8 Å². The first-order valence-corrected chi connectivity index (χ1v) is 9.64. The van der Waals surface area contributed by atoms with Gasteiger partial charge in [0.2, 0.25) is 5.91 Å². The first-order valence-electron chi connectivity index (χ1n) is 8.60. The molecule has 1 aromatic rings. The lowest BCUT2D eigenvalue weighted by Gasteiger charge is -2.20. The summed E-state index contributed by atoms with van der Waals surface area (Å²) in [4.78, 5) is 24.0. The van der Waals surface area contributed by atoms with Crippen molar-refractivity contribution in [2.24, 2.45) is 0 Å². The summed E-state index contributed by atoms with van der Waals surface area (Å²) in [5, 5.41) is 6.02. The van der Waals surface area contributed by atoms with E-state index in [1.165, 1.54) is 31.0 Å². The number of aromatic nitrogens is 1. The minimum absolute atomic E-state index is 0.0423. The van der Waals surface area contributed by atoms with Gasteiger partial charge in [-0.25, -0.2) is 0 Å². The molecule has 2 rings (SSSR count). The summed E-state index contributed by atoms with van der Waals surface area (Å²) in [7, 11) is 0. The van der Waals surface area contributed by atoms with Crippen molar-refractivity contribution in [3.8, 4) is 0 Å². The Morgan fingerprint density at radius 3 is 2.62 bits per heavy atom. The molecule has 1 unspecified atom stereocenters. The van der Waals surface area contributed by atoms with E-state index in [9.17, 15) is 9.59 Å². The molecule has 134 valence electrons. The first kappa shape index (κ1) is 18.8. The van der Waals surface area contributed by atoms with Crippen molar-refractivity contribution >= 4 is 29.5 Å². The number of nitrogens with one attached hydrogen (secondary N) is 1. The molecular formula is C17H26N2O4S. The summed E-state index contributed by atoms with van der Waals surface area (Å²) in [5.41, 5.74) is 0. The predicted octanol–water partition coefficient (Wildman–Crippen LogP) is 3.70. The van der Waals surface area contributed by atoms with Crippen molar-refractivity contribution in [3.05, 3.63) is 11.8 Å². The third-order valence-corrected chi connectivity index (χ3v) is 5.17. The number of ether oxygens (including phenoxy) is 1. The van der Waals surface area contributed by atoms with Crippen molar-refractivity contribution in [3.63, 3.8) is 0 Å². The number of thioether (sulfide) groups is 1. The van der Waals surface area contributed by atoms with E-state index in [4.69, 9.17) is 9.26 Å². The second kappa shape index (κ2) is 9.71. The Balaban J connectivity index is 1.68. The molecule has 7 heteroatoms. The van der Waals surface area contributed by atoms with Crippen LogP contribution in [0.2, 0.25) is 0 Å². The van der Waals surface area contributed by atoms with Gasteiger partial charge in [-0.2, -0.15) is 0 Å². The highest BCUT2D eigenvalue weighted by Crippen LogP contribution is 2.21. The highest BCUT2D eigenvalue weighted by molar-refractivity contribution is 8.01. The molecule has 0 saturated heterocycles. The van der Waals surface area contributed by atoms with E-state index in [1.54, 1.807) is 19.9 Å². The largest absolute Gasteiger partial charge is 0.462 e. The van der Waals surface area contributed by atoms with Crippen LogP contribution in [0.25, 0.3) is 0 Å². The number of hydrogen-bond acceptors (Lipinski definition) is 6. The number of nitrogens with zero attached hydrogens (tertiary/aromatic N) is 1. The van der Waals surface area contributed by atoms with E-state index in [2.05, 4.69) is 10.5 Å². The van der Waals surface area contributed by atoms with E-state index in [-0.39, 0.29) is 29.0 Å². The lowest BCUT2D eigenvalue weighted by Crippen LogP contribution is -2.25. The van der Waals surface area contributed by atoms with Gasteiger partial charge >= 0.3 is 5.97 Å². The SMILES string of the molecule is Cc1cc(NC(=O)C(C)SCC(=O)OC2CCCCCCC2)no1. The smallest absolute Gasteiger partial charge is 0.316 e. The Hall–Kier alpha value is -1.50. The third-order valence-electron chi connectivity index (χ3n) is 4.05. The molecule has 0 aromatic carbocycles. The molecule has 6 nitrogen and oxygen atoms in total. The molecule has 24 heavy (non-hydrogen) atoms. The molecule has 1 heterocycles. The Bertz CT molecular complexity index is 538. The third kappa shape index (κ3) is 6.55. The van der Waals surface area contributed by atoms with Crippen molar-refractivity contribution in [2.75, 3.05) is 11.1 Å². The maximum Gasteiger partial charge on any atom is 0.316 e. The molecule has 0 aliphatic heterocycles. The van der Waals surface area contributed by atoms with Crippen LogP contribution in [0.5, 0.6) is 0 Å². The number of amides is 1. The summed E-state index contributed by atoms with van der Waals surface area (Å²) in [6.45, 7) is 3.52. The zero-order valence-electron chi connectivity index (χ0n) is 14.4. The van der Waals surface area contributed by atoms with Crippen LogP contribution in [0.3, 0.4) is 0 Å². The Morgan fingerprint density at radius 1 is 1.33 bits per heavy atom. The van der Waals surface area contributed by atoms with Crippen molar-refractivity contribution in [2.45, 2.75) is 70.1 Å². The van der Waals surface area contributed by atoms with Crippen LogP contribution in [0, 0.1) is 6.92 Å². The lowest BCUT2D eigenvalue weighted by molar-refractivity contribution is -0.146. The van der Waals surface area contributed by atoms with Gasteiger partial charge in [-0.1, -0.05) is 24.4 Å². The topological polar surface area (TPSA) is 81.4 Å². The van der Waals surface area contributed by atoms with Gasteiger partial charge in [-0.3, -0.25) is 9.59 Å². The summed E-state index contributed by atoms with van der Waals surface area (Å²) < 4.78 is 10.5. The number of rotatable bonds is 6. The van der Waals surface area contributed by atoms with Gasteiger partial charge < -0.3 is 14.6 Å². The van der Waals surface area contributed by atoms with Gasteiger partial charge in [-0.05, 0) is 39.5 Å². The van der Waals surface area contributed by atoms with Gasteiger partial charge in [0.05, 0.1) is 11.0 Å². The fourth-order valence-electron chi connectivity index (χ4n) is 2.68. The Morgan fingerprint density at radius 2 is 2.00 bits per heavy atom. The zero-order chi connectivity index (χ0) is 17.4. The number of anilines is 1. The van der Waals surface area contributed by atoms with Crippen LogP contribution >= 0.6 is 11.8 Å². The molecule has 0 radical (unpaired) electrons. The minimum Gasteiger partial charge on any atom is -0.462 e. The number of esters is 1. The minimum atomic E-state index is -0.369. The molecule has 1 fully saturated rings. The average Bonchev–Trinajstić information content (AvgIpc) is 2.92. The second-order valence-electron chi connectivity index (χ2n) is 6.22. The summed E-state index contributed by atoms with van der Waals surface area (Å²) >= 11 is 1.27. The molecule has 1 aliphatic carbocycles. The molecule has 0 bridgehead atoms. The molecule has 1 saturated carbocycles. The average molecular weight is 354 g/mol. The number of carbonyl (C=O) groups excluding carboxylic acids is 2. The Kier molecular flexibility index (Phi) is 7.62. The van der Waals surface area contributed by atoms with Crippen molar-refractivity contribution in [1.29, 1.82) is 0 Å². The van der Waals surface area contributed by atoms with Crippen molar-refractivity contribution in [1.82, 2.24) is 5.16 Å². The van der Waals surface area contributed by atoms with E-state index in [0.29, 0.717) is 11.6 Å². The van der Waals surface area contributed by atoms with Crippen LogP contribution in [-0.4, -0.2) is 34.1 Å². The molecule has 0 spiro atoms.